The standard InChI is InChI=1S/C24H24FNO5/c1-2-3-4-11-26-21(15-5-8-17(25)9-6-15)20(23(28)24(26)29)22(27)16-7-10-18-19(14-16)31-13-12-30-18/h5-10,14,21,27H,2-4,11-13H2,1H3/b22-20-. The molecule has 0 aromatic heterocycles. The molecule has 2 heterocycles. The summed E-state index contributed by atoms with van der Waals surface area (Å²) in [6.45, 7) is 3.24. The number of fused-ring (bicyclic) bond motifs is 1. The van der Waals surface area contributed by atoms with E-state index >= 15 is 0 Å². The van der Waals surface area contributed by atoms with Gasteiger partial charge in [-0.3, -0.25) is 9.59 Å². The van der Waals surface area contributed by atoms with Crippen molar-refractivity contribution in [3.05, 3.63) is 65.0 Å². The molecule has 1 atom stereocenters. The van der Waals surface area contributed by atoms with Gasteiger partial charge in [0.1, 0.15) is 24.8 Å². The van der Waals surface area contributed by atoms with Gasteiger partial charge in [0.2, 0.25) is 0 Å². The predicted molar refractivity (Wildman–Crippen MR) is 112 cm³/mol. The summed E-state index contributed by atoms with van der Waals surface area (Å²) in [7, 11) is 0. The molecule has 0 spiro atoms. The number of carbonyl (C=O) groups is 2. The van der Waals surface area contributed by atoms with E-state index in [-0.39, 0.29) is 11.3 Å². The van der Waals surface area contributed by atoms with E-state index in [4.69, 9.17) is 9.47 Å². The van der Waals surface area contributed by atoms with Crippen molar-refractivity contribution in [2.45, 2.75) is 32.2 Å². The van der Waals surface area contributed by atoms with Crippen LogP contribution in [0.3, 0.4) is 0 Å². The summed E-state index contributed by atoms with van der Waals surface area (Å²) < 4.78 is 24.6. The molecule has 1 amide bonds. The molecule has 0 aliphatic carbocycles. The number of benzene rings is 2. The minimum absolute atomic E-state index is 0.00946. The molecule has 31 heavy (non-hydrogen) atoms. The molecular weight excluding hydrogens is 401 g/mol. The van der Waals surface area contributed by atoms with Gasteiger partial charge in [0.15, 0.2) is 11.5 Å². The lowest BCUT2D eigenvalue weighted by atomic mass is 9.95. The first-order valence-corrected chi connectivity index (χ1v) is 10.4. The van der Waals surface area contributed by atoms with Crippen LogP contribution in [0.1, 0.15) is 43.4 Å². The van der Waals surface area contributed by atoms with Gasteiger partial charge in [-0.2, -0.15) is 0 Å². The Morgan fingerprint density at radius 1 is 1.06 bits per heavy atom. The molecule has 1 N–H and O–H groups in total. The number of Topliss-reactive ketones (excluding diaryl/α,β-unsaturated/α-hetero) is 1. The second-order valence-corrected chi connectivity index (χ2v) is 7.61. The van der Waals surface area contributed by atoms with E-state index in [1.165, 1.54) is 29.2 Å². The third-order valence-corrected chi connectivity index (χ3v) is 5.54. The first-order valence-electron chi connectivity index (χ1n) is 10.4. The molecule has 2 aromatic rings. The van der Waals surface area contributed by atoms with E-state index in [2.05, 4.69) is 0 Å². The number of likely N-dealkylation sites (tertiary alicyclic amines) is 1. The summed E-state index contributed by atoms with van der Waals surface area (Å²) in [5, 5.41) is 11.1. The number of amides is 1. The second kappa shape index (κ2) is 8.79. The molecule has 0 radical (unpaired) electrons. The first kappa shape index (κ1) is 20.9. The van der Waals surface area contributed by atoms with E-state index in [1.54, 1.807) is 18.2 Å². The number of hydrogen-bond acceptors (Lipinski definition) is 5. The minimum atomic E-state index is -0.786. The Labute approximate surface area is 179 Å². The van der Waals surface area contributed by atoms with Crippen molar-refractivity contribution < 1.29 is 28.6 Å². The maximum atomic E-state index is 13.5. The normalized spacial score (nSPS) is 19.7. The third-order valence-electron chi connectivity index (χ3n) is 5.54. The Bertz CT molecular complexity index is 1030. The average Bonchev–Trinajstić information content (AvgIpc) is 3.04. The van der Waals surface area contributed by atoms with Gasteiger partial charge in [-0.15, -0.1) is 0 Å². The van der Waals surface area contributed by atoms with Crippen LogP contribution in [-0.4, -0.2) is 41.5 Å². The van der Waals surface area contributed by atoms with Crippen LogP contribution in [0.15, 0.2) is 48.0 Å². The van der Waals surface area contributed by atoms with Crippen LogP contribution in [0.4, 0.5) is 4.39 Å². The van der Waals surface area contributed by atoms with Gasteiger partial charge in [0.25, 0.3) is 11.7 Å². The highest BCUT2D eigenvalue weighted by atomic mass is 19.1. The predicted octanol–water partition coefficient (Wildman–Crippen LogP) is 4.21. The summed E-state index contributed by atoms with van der Waals surface area (Å²) in [6, 6.07) is 9.73. The fourth-order valence-electron chi connectivity index (χ4n) is 3.98. The molecule has 1 saturated heterocycles. The largest absolute Gasteiger partial charge is 0.507 e. The molecule has 2 aliphatic heterocycles. The smallest absolute Gasteiger partial charge is 0.295 e. The second-order valence-electron chi connectivity index (χ2n) is 7.61. The Hall–Kier alpha value is -3.35. The Morgan fingerprint density at radius 2 is 1.77 bits per heavy atom. The highest BCUT2D eigenvalue weighted by Gasteiger charge is 2.45. The molecule has 162 valence electrons. The summed E-state index contributed by atoms with van der Waals surface area (Å²) in [5.74, 6) is -1.10. The summed E-state index contributed by atoms with van der Waals surface area (Å²) in [4.78, 5) is 27.3. The summed E-state index contributed by atoms with van der Waals surface area (Å²) >= 11 is 0. The Morgan fingerprint density at radius 3 is 2.48 bits per heavy atom. The van der Waals surface area contributed by atoms with Gasteiger partial charge in [-0.25, -0.2) is 4.39 Å². The number of halogens is 1. The van der Waals surface area contributed by atoms with Crippen LogP contribution >= 0.6 is 0 Å². The Balaban J connectivity index is 1.79. The van der Waals surface area contributed by atoms with Gasteiger partial charge in [-0.1, -0.05) is 31.9 Å². The molecule has 6 nitrogen and oxygen atoms in total. The van der Waals surface area contributed by atoms with E-state index in [0.717, 1.165) is 19.3 Å². The lowest BCUT2D eigenvalue weighted by molar-refractivity contribution is -0.139. The zero-order valence-corrected chi connectivity index (χ0v) is 17.3. The quantitative estimate of drug-likeness (QED) is 0.325. The van der Waals surface area contributed by atoms with Crippen LogP contribution in [-0.2, 0) is 9.59 Å². The molecule has 2 aromatic carbocycles. The van der Waals surface area contributed by atoms with Crippen LogP contribution in [0, 0.1) is 5.82 Å². The van der Waals surface area contributed by atoms with Gasteiger partial charge in [0.05, 0.1) is 11.6 Å². The zero-order valence-electron chi connectivity index (χ0n) is 17.3. The number of hydrogen-bond donors (Lipinski definition) is 1. The number of ketones is 1. The first-order chi connectivity index (χ1) is 15.0. The van der Waals surface area contributed by atoms with Crippen molar-refractivity contribution >= 4 is 17.4 Å². The molecule has 0 bridgehead atoms. The van der Waals surface area contributed by atoms with E-state index < -0.39 is 23.5 Å². The number of nitrogens with zero attached hydrogens (tertiary/aromatic N) is 1. The third kappa shape index (κ3) is 4.00. The number of aliphatic hydroxyl groups is 1. The fourth-order valence-corrected chi connectivity index (χ4v) is 3.98. The van der Waals surface area contributed by atoms with Crippen molar-refractivity contribution in [3.8, 4) is 11.5 Å². The number of carbonyl (C=O) groups excluding carboxylic acids is 2. The monoisotopic (exact) mass is 425 g/mol. The number of rotatable bonds is 6. The molecule has 1 unspecified atom stereocenters. The molecule has 0 saturated carbocycles. The number of aliphatic hydroxyl groups excluding tert-OH is 1. The van der Waals surface area contributed by atoms with Crippen LogP contribution < -0.4 is 9.47 Å². The maximum absolute atomic E-state index is 13.5. The van der Waals surface area contributed by atoms with Gasteiger partial charge >= 0.3 is 0 Å². The fraction of sp³-hybridized carbons (Fsp3) is 0.333. The van der Waals surface area contributed by atoms with E-state index in [9.17, 15) is 19.1 Å². The molecular formula is C24H24FNO5. The van der Waals surface area contributed by atoms with Crippen LogP contribution in [0.25, 0.3) is 5.76 Å². The van der Waals surface area contributed by atoms with Crippen molar-refractivity contribution in [3.63, 3.8) is 0 Å². The SMILES string of the molecule is CCCCCN1C(=O)C(=O)/C(=C(\O)c2ccc3c(c2)OCCO3)C1c1ccc(F)cc1. The van der Waals surface area contributed by atoms with Crippen LogP contribution in [0.5, 0.6) is 11.5 Å². The molecule has 1 fully saturated rings. The average molecular weight is 425 g/mol. The lowest BCUT2D eigenvalue weighted by Crippen LogP contribution is -2.30. The maximum Gasteiger partial charge on any atom is 0.295 e. The number of ether oxygens (including phenoxy) is 2. The van der Waals surface area contributed by atoms with Crippen molar-refractivity contribution in [2.75, 3.05) is 19.8 Å². The topological polar surface area (TPSA) is 76.1 Å². The lowest BCUT2D eigenvalue weighted by Gasteiger charge is -2.25. The van der Waals surface area contributed by atoms with Crippen molar-refractivity contribution in [1.29, 1.82) is 0 Å². The zero-order chi connectivity index (χ0) is 22.0. The van der Waals surface area contributed by atoms with Gasteiger partial charge in [-0.05, 0) is 42.3 Å². The molecule has 7 heteroatoms. The minimum Gasteiger partial charge on any atom is -0.507 e. The summed E-state index contributed by atoms with van der Waals surface area (Å²) in [6.07, 6.45) is 2.59. The van der Waals surface area contributed by atoms with Gasteiger partial charge < -0.3 is 19.5 Å². The molecule has 2 aliphatic rings. The highest BCUT2D eigenvalue weighted by molar-refractivity contribution is 6.46. The Kier molecular flexibility index (Phi) is 5.93. The molecule has 4 rings (SSSR count). The highest BCUT2D eigenvalue weighted by Crippen LogP contribution is 2.41. The van der Waals surface area contributed by atoms with E-state index in [0.29, 0.717) is 42.4 Å². The van der Waals surface area contributed by atoms with E-state index in [1.807, 2.05) is 6.92 Å². The summed E-state index contributed by atoms with van der Waals surface area (Å²) in [5.41, 5.74) is 0.906. The number of unbranched alkanes of at least 4 members (excludes halogenated alkanes) is 2. The van der Waals surface area contributed by atoms with Crippen molar-refractivity contribution in [2.24, 2.45) is 0 Å². The van der Waals surface area contributed by atoms with Crippen LogP contribution in [0.2, 0.25) is 0 Å². The van der Waals surface area contributed by atoms with Gasteiger partial charge in [0, 0.05) is 12.1 Å². The van der Waals surface area contributed by atoms with Crippen molar-refractivity contribution in [1.82, 2.24) is 4.90 Å².